The molecule has 2 rings (SSSR count). The summed E-state index contributed by atoms with van der Waals surface area (Å²) >= 11 is 3.50. The summed E-state index contributed by atoms with van der Waals surface area (Å²) in [6.45, 7) is 2.19. The third kappa shape index (κ3) is 1.47. The largest absolute Gasteiger partial charge is 0.298 e. The van der Waals surface area contributed by atoms with Crippen LogP contribution in [0.1, 0.15) is 45.4 Å². The van der Waals surface area contributed by atoms with Crippen LogP contribution in [-0.4, -0.2) is 10.6 Å². The number of carbonyl (C=O) groups is 1. The molecule has 2 aliphatic carbocycles. The monoisotopic (exact) mass is 244 g/mol. The van der Waals surface area contributed by atoms with Crippen molar-refractivity contribution in [2.75, 3.05) is 0 Å². The van der Waals surface area contributed by atoms with Gasteiger partial charge in [0.1, 0.15) is 0 Å². The molecule has 0 saturated heterocycles. The summed E-state index contributed by atoms with van der Waals surface area (Å²) in [6.07, 6.45) is 7.29. The standard InChI is InChI=1S/C11H17BrO/c1-11-7-3-2-4-8(11)5-6-9(12)10(11)13/h8-9H,2-7H2,1H3. The highest BCUT2D eigenvalue weighted by molar-refractivity contribution is 9.10. The fraction of sp³-hybridized carbons (Fsp3) is 0.909. The molecule has 1 nitrogen and oxygen atoms in total. The second kappa shape index (κ2) is 3.38. The zero-order chi connectivity index (χ0) is 9.47. The molecule has 3 atom stereocenters. The number of alkyl halides is 1. The number of fused-ring (bicyclic) bond motifs is 1. The molecule has 3 unspecified atom stereocenters. The van der Waals surface area contributed by atoms with E-state index in [1.54, 1.807) is 0 Å². The highest BCUT2D eigenvalue weighted by atomic mass is 79.9. The highest BCUT2D eigenvalue weighted by Gasteiger charge is 2.47. The Balaban J connectivity index is 2.22. The molecule has 13 heavy (non-hydrogen) atoms. The average Bonchev–Trinajstić information content (AvgIpc) is 2.13. The molecule has 0 aromatic rings. The van der Waals surface area contributed by atoms with Crippen molar-refractivity contribution >= 4 is 21.7 Å². The van der Waals surface area contributed by atoms with Gasteiger partial charge in [0, 0.05) is 5.41 Å². The lowest BCUT2D eigenvalue weighted by Gasteiger charge is -2.45. The zero-order valence-electron chi connectivity index (χ0n) is 8.18. The number of ketones is 1. The molecule has 0 amide bonds. The number of hydrogen-bond acceptors (Lipinski definition) is 1. The first-order valence-corrected chi connectivity index (χ1v) is 6.24. The summed E-state index contributed by atoms with van der Waals surface area (Å²) in [7, 11) is 0. The molecule has 0 heterocycles. The van der Waals surface area contributed by atoms with Crippen LogP contribution in [0.25, 0.3) is 0 Å². The van der Waals surface area contributed by atoms with E-state index in [0.717, 1.165) is 12.8 Å². The van der Waals surface area contributed by atoms with Crippen molar-refractivity contribution in [2.24, 2.45) is 11.3 Å². The Kier molecular flexibility index (Phi) is 2.52. The molecular formula is C11H17BrO. The van der Waals surface area contributed by atoms with Gasteiger partial charge < -0.3 is 0 Å². The lowest BCUT2D eigenvalue weighted by atomic mass is 9.60. The quantitative estimate of drug-likeness (QED) is 0.598. The van der Waals surface area contributed by atoms with Gasteiger partial charge in [-0.1, -0.05) is 35.7 Å². The summed E-state index contributed by atoms with van der Waals surface area (Å²) in [5.74, 6) is 1.16. The average molecular weight is 245 g/mol. The lowest BCUT2D eigenvalue weighted by molar-refractivity contribution is -0.135. The van der Waals surface area contributed by atoms with E-state index < -0.39 is 0 Å². The van der Waals surface area contributed by atoms with Gasteiger partial charge in [0.2, 0.25) is 0 Å². The second-order valence-corrected chi connectivity index (χ2v) is 5.87. The molecule has 0 aromatic carbocycles. The predicted molar refractivity (Wildman–Crippen MR) is 57.0 cm³/mol. The summed E-state index contributed by atoms with van der Waals surface area (Å²) < 4.78 is 0. The minimum absolute atomic E-state index is 0.0185. The maximum atomic E-state index is 12.0. The molecule has 2 aliphatic rings. The van der Waals surface area contributed by atoms with Crippen molar-refractivity contribution in [3.8, 4) is 0 Å². The highest BCUT2D eigenvalue weighted by Crippen LogP contribution is 2.49. The van der Waals surface area contributed by atoms with Crippen LogP contribution in [0.15, 0.2) is 0 Å². The van der Waals surface area contributed by atoms with Crippen LogP contribution in [0.5, 0.6) is 0 Å². The minimum Gasteiger partial charge on any atom is -0.298 e. The number of Topliss-reactive ketones (excluding diaryl/α,β-unsaturated/α-hetero) is 1. The molecule has 2 heteroatoms. The first-order valence-electron chi connectivity index (χ1n) is 5.33. The number of carbonyl (C=O) groups excluding carboxylic acids is 1. The summed E-state index contributed by atoms with van der Waals surface area (Å²) in [5, 5.41) is 0. The maximum Gasteiger partial charge on any atom is 0.152 e. The van der Waals surface area contributed by atoms with Crippen LogP contribution >= 0.6 is 15.9 Å². The van der Waals surface area contributed by atoms with Gasteiger partial charge in [-0.05, 0) is 31.6 Å². The number of hydrogen-bond donors (Lipinski definition) is 0. The minimum atomic E-state index is 0.0185. The Hall–Kier alpha value is 0.150. The van der Waals surface area contributed by atoms with E-state index in [2.05, 4.69) is 22.9 Å². The Morgan fingerprint density at radius 3 is 2.85 bits per heavy atom. The Labute approximate surface area is 88.4 Å². The van der Waals surface area contributed by atoms with Crippen molar-refractivity contribution < 1.29 is 4.79 Å². The van der Waals surface area contributed by atoms with Gasteiger partial charge in [0.05, 0.1) is 4.83 Å². The van der Waals surface area contributed by atoms with Crippen molar-refractivity contribution in [3.05, 3.63) is 0 Å². The Bertz CT molecular complexity index is 226. The molecule has 0 aliphatic heterocycles. The fourth-order valence-electron chi connectivity index (χ4n) is 3.03. The molecule has 2 fully saturated rings. The normalized spacial score (nSPS) is 45.8. The SMILES string of the molecule is CC12CCCCC1CCC(Br)C2=O. The smallest absolute Gasteiger partial charge is 0.152 e. The van der Waals surface area contributed by atoms with Crippen molar-refractivity contribution in [3.63, 3.8) is 0 Å². The molecule has 0 radical (unpaired) electrons. The summed E-state index contributed by atoms with van der Waals surface area (Å²) in [5.41, 5.74) is 0.0185. The molecule has 0 aromatic heterocycles. The Morgan fingerprint density at radius 2 is 2.08 bits per heavy atom. The first-order chi connectivity index (χ1) is 6.14. The molecule has 0 spiro atoms. The van der Waals surface area contributed by atoms with Crippen LogP contribution in [0, 0.1) is 11.3 Å². The lowest BCUT2D eigenvalue weighted by Crippen LogP contribution is -2.46. The van der Waals surface area contributed by atoms with E-state index >= 15 is 0 Å². The van der Waals surface area contributed by atoms with Crippen molar-refractivity contribution in [1.29, 1.82) is 0 Å². The molecule has 2 saturated carbocycles. The zero-order valence-corrected chi connectivity index (χ0v) is 9.77. The van der Waals surface area contributed by atoms with E-state index in [-0.39, 0.29) is 10.2 Å². The van der Waals surface area contributed by atoms with Crippen LogP contribution in [0.3, 0.4) is 0 Å². The number of rotatable bonds is 0. The fourth-order valence-corrected chi connectivity index (χ4v) is 3.82. The molecule has 74 valence electrons. The molecule has 0 N–H and O–H groups in total. The predicted octanol–water partition coefficient (Wildman–Crippen LogP) is 3.31. The van der Waals surface area contributed by atoms with Gasteiger partial charge in [0.25, 0.3) is 0 Å². The van der Waals surface area contributed by atoms with Crippen molar-refractivity contribution in [2.45, 2.75) is 50.3 Å². The van der Waals surface area contributed by atoms with Gasteiger partial charge in [-0.3, -0.25) is 4.79 Å². The van der Waals surface area contributed by atoms with E-state index in [9.17, 15) is 4.79 Å². The molecule has 0 bridgehead atoms. The van der Waals surface area contributed by atoms with E-state index in [1.165, 1.54) is 25.7 Å². The molecular weight excluding hydrogens is 228 g/mol. The topological polar surface area (TPSA) is 17.1 Å². The van der Waals surface area contributed by atoms with Crippen LogP contribution in [0.4, 0.5) is 0 Å². The van der Waals surface area contributed by atoms with Gasteiger partial charge in [-0.2, -0.15) is 0 Å². The first kappa shape index (κ1) is 9.70. The maximum absolute atomic E-state index is 12.0. The van der Waals surface area contributed by atoms with E-state index in [4.69, 9.17) is 0 Å². The van der Waals surface area contributed by atoms with Gasteiger partial charge in [-0.25, -0.2) is 0 Å². The summed E-state index contributed by atoms with van der Waals surface area (Å²) in [6, 6.07) is 0. The third-order valence-electron chi connectivity index (χ3n) is 4.02. The van der Waals surface area contributed by atoms with Gasteiger partial charge in [0.15, 0.2) is 5.78 Å². The van der Waals surface area contributed by atoms with E-state index in [0.29, 0.717) is 11.7 Å². The van der Waals surface area contributed by atoms with E-state index in [1.807, 2.05) is 0 Å². The Morgan fingerprint density at radius 1 is 1.31 bits per heavy atom. The third-order valence-corrected chi connectivity index (χ3v) is 4.89. The summed E-state index contributed by atoms with van der Waals surface area (Å²) in [4.78, 5) is 12.2. The van der Waals surface area contributed by atoms with Crippen LogP contribution < -0.4 is 0 Å². The van der Waals surface area contributed by atoms with Gasteiger partial charge >= 0.3 is 0 Å². The van der Waals surface area contributed by atoms with Crippen LogP contribution in [0.2, 0.25) is 0 Å². The van der Waals surface area contributed by atoms with Crippen molar-refractivity contribution in [1.82, 2.24) is 0 Å². The van der Waals surface area contributed by atoms with Gasteiger partial charge in [-0.15, -0.1) is 0 Å². The number of halogens is 1. The van der Waals surface area contributed by atoms with Crippen LogP contribution in [-0.2, 0) is 4.79 Å². The second-order valence-electron chi connectivity index (χ2n) is 4.77.